The number of rotatable bonds is 8. The van der Waals surface area contributed by atoms with Crippen LogP contribution in [-0.4, -0.2) is 25.8 Å². The minimum Gasteiger partial charge on any atom is -0.496 e. The number of carbonyl (C=O) groups excluding carboxylic acids is 1. The average Bonchev–Trinajstić information content (AvgIpc) is 2.63. The molecule has 0 heterocycles. The Hall–Kier alpha value is -2.34. The van der Waals surface area contributed by atoms with Crippen molar-refractivity contribution in [2.75, 3.05) is 13.7 Å². The lowest BCUT2D eigenvalue weighted by molar-refractivity contribution is 0.0952. The van der Waals surface area contributed by atoms with Crippen LogP contribution in [-0.2, 0) is 0 Å². The first-order valence-electron chi connectivity index (χ1n) is 8.04. The average molecular weight is 405 g/mol. The number of nitrogens with one attached hydrogen (secondary N) is 1. The van der Waals surface area contributed by atoms with Crippen molar-refractivity contribution >= 4 is 28.1 Å². The second-order valence-electron chi connectivity index (χ2n) is 5.31. The summed E-state index contributed by atoms with van der Waals surface area (Å²) in [6.07, 6.45) is 3.72. The van der Waals surface area contributed by atoms with Crippen LogP contribution in [0.15, 0.2) is 52.0 Å². The maximum atomic E-state index is 12.2. The van der Waals surface area contributed by atoms with Crippen molar-refractivity contribution < 1.29 is 14.3 Å². The highest BCUT2D eigenvalue weighted by molar-refractivity contribution is 9.10. The molecule has 0 saturated heterocycles. The molecule has 0 fully saturated rings. The number of nitrogens with zero attached hydrogens (tertiary/aromatic N) is 1. The number of benzene rings is 2. The number of hydrazone groups is 1. The Labute approximate surface area is 156 Å². The summed E-state index contributed by atoms with van der Waals surface area (Å²) < 4.78 is 11.6. The van der Waals surface area contributed by atoms with E-state index < -0.39 is 0 Å². The van der Waals surface area contributed by atoms with Crippen molar-refractivity contribution in [2.24, 2.45) is 5.10 Å². The fourth-order valence-corrected chi connectivity index (χ4v) is 2.43. The molecule has 0 aromatic heterocycles. The molecular formula is C19H21BrN2O3. The third-order valence-corrected chi connectivity index (χ3v) is 3.93. The number of hydrogen-bond donors (Lipinski definition) is 1. The second-order valence-corrected chi connectivity index (χ2v) is 6.23. The Morgan fingerprint density at radius 1 is 1.24 bits per heavy atom. The van der Waals surface area contributed by atoms with E-state index in [1.165, 1.54) is 7.11 Å². The van der Waals surface area contributed by atoms with Gasteiger partial charge in [-0.25, -0.2) is 5.43 Å². The molecule has 0 aliphatic heterocycles. The number of carbonyl (C=O) groups is 1. The van der Waals surface area contributed by atoms with E-state index in [1.54, 1.807) is 18.3 Å². The molecule has 1 amide bonds. The largest absolute Gasteiger partial charge is 0.496 e. The lowest BCUT2D eigenvalue weighted by Crippen LogP contribution is -2.18. The molecule has 25 heavy (non-hydrogen) atoms. The molecule has 2 aromatic carbocycles. The molecule has 2 aromatic rings. The van der Waals surface area contributed by atoms with Gasteiger partial charge in [0.05, 0.1) is 25.5 Å². The molecule has 0 radical (unpaired) electrons. The van der Waals surface area contributed by atoms with Gasteiger partial charge in [0.25, 0.3) is 5.91 Å². The first-order chi connectivity index (χ1) is 12.1. The van der Waals surface area contributed by atoms with E-state index in [4.69, 9.17) is 9.47 Å². The van der Waals surface area contributed by atoms with Crippen LogP contribution >= 0.6 is 15.9 Å². The van der Waals surface area contributed by atoms with Crippen molar-refractivity contribution in [2.45, 2.75) is 19.8 Å². The van der Waals surface area contributed by atoms with Crippen LogP contribution in [0.2, 0.25) is 0 Å². The van der Waals surface area contributed by atoms with Crippen LogP contribution in [0.1, 0.15) is 35.7 Å². The van der Waals surface area contributed by atoms with Crippen LogP contribution in [0.5, 0.6) is 11.5 Å². The second kappa shape index (κ2) is 9.84. The Bertz CT molecular complexity index is 730. The van der Waals surface area contributed by atoms with Gasteiger partial charge in [0.1, 0.15) is 11.5 Å². The van der Waals surface area contributed by atoms with E-state index in [-0.39, 0.29) is 5.91 Å². The number of amides is 1. The van der Waals surface area contributed by atoms with E-state index in [0.717, 1.165) is 28.6 Å². The molecule has 1 N–H and O–H groups in total. The van der Waals surface area contributed by atoms with Crippen molar-refractivity contribution in [3.05, 3.63) is 58.1 Å². The predicted octanol–water partition coefficient (Wildman–Crippen LogP) is 4.40. The number of hydrogen-bond acceptors (Lipinski definition) is 4. The van der Waals surface area contributed by atoms with Gasteiger partial charge in [-0.2, -0.15) is 5.10 Å². The summed E-state index contributed by atoms with van der Waals surface area (Å²) in [7, 11) is 1.52. The minimum absolute atomic E-state index is 0.339. The molecule has 132 valence electrons. The van der Waals surface area contributed by atoms with E-state index >= 15 is 0 Å². The molecule has 0 aliphatic carbocycles. The summed E-state index contributed by atoms with van der Waals surface area (Å²) in [5.74, 6) is 0.979. The molecular weight excluding hydrogens is 384 g/mol. The van der Waals surface area contributed by atoms with Crippen LogP contribution in [0.4, 0.5) is 0 Å². The maximum Gasteiger partial charge on any atom is 0.275 e. The molecule has 0 saturated carbocycles. The summed E-state index contributed by atoms with van der Waals surface area (Å²) >= 11 is 3.34. The van der Waals surface area contributed by atoms with Gasteiger partial charge in [0, 0.05) is 4.47 Å². The van der Waals surface area contributed by atoms with Crippen LogP contribution in [0.3, 0.4) is 0 Å². The molecule has 0 atom stereocenters. The standard InChI is InChI=1S/C19H21BrN2O3/c1-3-4-11-25-16-8-5-14(6-9-16)13-21-22-19(23)17-12-15(20)7-10-18(17)24-2/h5-10,12-13H,3-4,11H2,1-2H3,(H,22,23)/b21-13+. The Kier molecular flexibility index (Phi) is 7.47. The van der Waals surface area contributed by atoms with Gasteiger partial charge in [-0.15, -0.1) is 0 Å². The summed E-state index contributed by atoms with van der Waals surface area (Å²) in [4.78, 5) is 12.2. The fraction of sp³-hybridized carbons (Fsp3) is 0.263. The van der Waals surface area contributed by atoms with Gasteiger partial charge >= 0.3 is 0 Å². The monoisotopic (exact) mass is 404 g/mol. The number of methoxy groups -OCH3 is 1. The van der Waals surface area contributed by atoms with Crippen molar-refractivity contribution in [3.8, 4) is 11.5 Å². The van der Waals surface area contributed by atoms with E-state index in [0.29, 0.717) is 17.9 Å². The number of halogens is 1. The number of ether oxygens (including phenoxy) is 2. The van der Waals surface area contributed by atoms with Gasteiger partial charge in [-0.1, -0.05) is 29.3 Å². The number of unbranched alkanes of at least 4 members (excludes halogenated alkanes) is 1. The molecule has 6 heteroatoms. The normalized spacial score (nSPS) is 10.7. The maximum absolute atomic E-state index is 12.2. The topological polar surface area (TPSA) is 59.9 Å². The molecule has 2 rings (SSSR count). The van der Waals surface area contributed by atoms with Crippen molar-refractivity contribution in [1.29, 1.82) is 0 Å². The first kappa shape index (κ1) is 19.0. The predicted molar refractivity (Wildman–Crippen MR) is 103 cm³/mol. The molecule has 0 aliphatic rings. The fourth-order valence-electron chi connectivity index (χ4n) is 2.07. The van der Waals surface area contributed by atoms with Gasteiger partial charge in [-0.3, -0.25) is 4.79 Å². The lowest BCUT2D eigenvalue weighted by Gasteiger charge is -2.07. The molecule has 0 unspecified atom stereocenters. The minimum atomic E-state index is -0.339. The summed E-state index contributed by atoms with van der Waals surface area (Å²) in [5, 5.41) is 3.99. The van der Waals surface area contributed by atoms with Crippen molar-refractivity contribution in [1.82, 2.24) is 5.43 Å². The third-order valence-electron chi connectivity index (χ3n) is 3.43. The van der Waals surface area contributed by atoms with Crippen molar-refractivity contribution in [3.63, 3.8) is 0 Å². The molecule has 0 bridgehead atoms. The molecule has 5 nitrogen and oxygen atoms in total. The van der Waals surface area contributed by atoms with E-state index in [1.807, 2.05) is 30.3 Å². The highest BCUT2D eigenvalue weighted by Crippen LogP contribution is 2.22. The summed E-state index contributed by atoms with van der Waals surface area (Å²) in [6.45, 7) is 2.84. The first-order valence-corrected chi connectivity index (χ1v) is 8.83. The van der Waals surface area contributed by atoms with Gasteiger partial charge < -0.3 is 9.47 Å². The van der Waals surface area contributed by atoms with Crippen LogP contribution in [0.25, 0.3) is 0 Å². The van der Waals surface area contributed by atoms with Gasteiger partial charge in [-0.05, 0) is 54.4 Å². The van der Waals surface area contributed by atoms with E-state index in [9.17, 15) is 4.79 Å². The smallest absolute Gasteiger partial charge is 0.275 e. The lowest BCUT2D eigenvalue weighted by atomic mass is 10.2. The zero-order chi connectivity index (χ0) is 18.1. The summed E-state index contributed by atoms with van der Waals surface area (Å²) in [6, 6.07) is 12.8. The Morgan fingerprint density at radius 3 is 2.68 bits per heavy atom. The van der Waals surface area contributed by atoms with Crippen LogP contribution in [0, 0.1) is 0 Å². The quantitative estimate of drug-likeness (QED) is 0.402. The van der Waals surface area contributed by atoms with Gasteiger partial charge in [0.2, 0.25) is 0 Å². The Morgan fingerprint density at radius 2 is 2.00 bits per heavy atom. The molecule has 0 spiro atoms. The zero-order valence-corrected chi connectivity index (χ0v) is 15.9. The highest BCUT2D eigenvalue weighted by Gasteiger charge is 2.11. The highest BCUT2D eigenvalue weighted by atomic mass is 79.9. The summed E-state index contributed by atoms with van der Waals surface area (Å²) in [5.41, 5.74) is 3.78. The Balaban J connectivity index is 1.94. The zero-order valence-electron chi connectivity index (χ0n) is 14.3. The SMILES string of the molecule is CCCCOc1ccc(/C=N/NC(=O)c2cc(Br)ccc2OC)cc1. The van der Waals surface area contributed by atoms with Crippen LogP contribution < -0.4 is 14.9 Å². The van der Waals surface area contributed by atoms with E-state index in [2.05, 4.69) is 33.4 Å². The van der Waals surface area contributed by atoms with Gasteiger partial charge in [0.15, 0.2) is 0 Å². The third kappa shape index (κ3) is 5.90.